The number of carbonyl (C=O) groups excluding carboxylic acids is 1. The molecule has 0 aliphatic heterocycles. The van der Waals surface area contributed by atoms with Gasteiger partial charge in [0.05, 0.1) is 0 Å². The Morgan fingerprint density at radius 1 is 0.533 bits per heavy atom. The Balaban J connectivity index is 0. The molecular weight excluding hydrogens is 368 g/mol. The minimum Gasteiger partial charge on any atom is -0.370 e. The molecule has 182 valence electrons. The molecule has 0 saturated carbocycles. The molecule has 0 bridgehead atoms. The number of nitrogens with zero attached hydrogens (tertiary/aromatic N) is 1. The van der Waals surface area contributed by atoms with Gasteiger partial charge in [-0.3, -0.25) is 4.79 Å². The van der Waals surface area contributed by atoms with Gasteiger partial charge in [0.15, 0.2) is 0 Å². The van der Waals surface area contributed by atoms with Crippen LogP contribution in [0.5, 0.6) is 0 Å². The van der Waals surface area contributed by atoms with Crippen LogP contribution in [0.2, 0.25) is 0 Å². The van der Waals surface area contributed by atoms with E-state index in [4.69, 9.17) is 5.73 Å². The first kappa shape index (κ1) is 31.6. The summed E-state index contributed by atoms with van der Waals surface area (Å²) in [5.41, 5.74) is 5.12. The predicted octanol–water partition coefficient (Wildman–Crippen LogP) is 8.25. The molecule has 1 amide bonds. The van der Waals surface area contributed by atoms with Gasteiger partial charge in [-0.15, -0.1) is 0 Å². The van der Waals surface area contributed by atoms with Gasteiger partial charge in [-0.2, -0.15) is 0 Å². The van der Waals surface area contributed by atoms with Crippen molar-refractivity contribution in [2.45, 2.75) is 150 Å². The number of carbonyl (C=O) groups is 1. The second kappa shape index (κ2) is 28.4. The summed E-state index contributed by atoms with van der Waals surface area (Å²) in [4.78, 5) is 13.0. The van der Waals surface area contributed by atoms with Gasteiger partial charge in [0.2, 0.25) is 5.91 Å². The molecule has 0 aromatic carbocycles. The highest BCUT2D eigenvalue weighted by atomic mass is 16.1. The first-order valence-electron chi connectivity index (χ1n) is 13.6. The molecule has 0 rings (SSSR count). The van der Waals surface area contributed by atoms with Crippen LogP contribution < -0.4 is 5.73 Å². The Hall–Kier alpha value is -0.570. The van der Waals surface area contributed by atoms with Crippen molar-refractivity contribution in [2.75, 3.05) is 19.6 Å². The van der Waals surface area contributed by atoms with Crippen LogP contribution in [0, 0.1) is 0 Å². The molecule has 3 heteroatoms. The van der Waals surface area contributed by atoms with Crippen molar-refractivity contribution in [1.82, 2.24) is 4.90 Å². The summed E-state index contributed by atoms with van der Waals surface area (Å²) in [6.45, 7) is 12.6. The van der Waals surface area contributed by atoms with Gasteiger partial charge < -0.3 is 10.6 Å². The van der Waals surface area contributed by atoms with Crippen LogP contribution in [0.1, 0.15) is 150 Å². The fourth-order valence-corrected chi connectivity index (χ4v) is 3.88. The molecule has 0 aromatic rings. The second-order valence-corrected chi connectivity index (χ2v) is 8.90. The van der Waals surface area contributed by atoms with Crippen molar-refractivity contribution < 1.29 is 4.79 Å². The van der Waals surface area contributed by atoms with Crippen molar-refractivity contribution in [1.29, 1.82) is 0 Å². The lowest BCUT2D eigenvalue weighted by Crippen LogP contribution is -2.23. The van der Waals surface area contributed by atoms with Crippen molar-refractivity contribution in [3.05, 3.63) is 0 Å². The first-order valence-corrected chi connectivity index (χ1v) is 13.6. The molecular formula is C27H58N2O. The molecule has 0 spiro atoms. The molecule has 0 aliphatic rings. The summed E-state index contributed by atoms with van der Waals surface area (Å²) in [6.07, 6.45) is 25.1. The van der Waals surface area contributed by atoms with Gasteiger partial charge in [-0.1, -0.05) is 130 Å². The average Bonchev–Trinajstić information content (AvgIpc) is 2.74. The van der Waals surface area contributed by atoms with E-state index in [0.717, 1.165) is 6.42 Å². The van der Waals surface area contributed by atoms with Crippen molar-refractivity contribution >= 4 is 5.91 Å². The molecule has 0 unspecified atom stereocenters. The third kappa shape index (κ3) is 29.6. The van der Waals surface area contributed by atoms with E-state index in [-0.39, 0.29) is 5.91 Å². The zero-order chi connectivity index (χ0) is 22.7. The maximum atomic E-state index is 10.6. The lowest BCUT2D eigenvalue weighted by atomic mass is 10.0. The number of hydrogen-bond acceptors (Lipinski definition) is 2. The summed E-state index contributed by atoms with van der Waals surface area (Å²) in [5.74, 6) is -0.152. The van der Waals surface area contributed by atoms with E-state index in [0.29, 0.717) is 6.42 Å². The number of rotatable bonds is 22. The van der Waals surface area contributed by atoms with E-state index < -0.39 is 0 Å². The third-order valence-corrected chi connectivity index (χ3v) is 5.96. The number of hydrogen-bond donors (Lipinski definition) is 1. The van der Waals surface area contributed by atoms with Crippen molar-refractivity contribution in [3.8, 4) is 0 Å². The maximum absolute atomic E-state index is 10.6. The maximum Gasteiger partial charge on any atom is 0.217 e. The van der Waals surface area contributed by atoms with E-state index in [1.54, 1.807) is 0 Å². The fraction of sp³-hybridized carbons (Fsp3) is 0.963. The highest BCUT2D eigenvalue weighted by Gasteiger charge is 1.96. The SMILES string of the molecule is CCCCCCCCCCCCCCCCCCCC(N)=O.CCCN(CC)CC. The molecule has 0 saturated heterocycles. The lowest BCUT2D eigenvalue weighted by Gasteiger charge is -2.15. The zero-order valence-electron chi connectivity index (χ0n) is 21.5. The van der Waals surface area contributed by atoms with E-state index in [1.165, 1.54) is 129 Å². The normalized spacial score (nSPS) is 10.8. The second-order valence-electron chi connectivity index (χ2n) is 8.90. The third-order valence-electron chi connectivity index (χ3n) is 5.96. The quantitative estimate of drug-likeness (QED) is 0.177. The van der Waals surface area contributed by atoms with Gasteiger partial charge in [0.1, 0.15) is 0 Å². The van der Waals surface area contributed by atoms with Crippen molar-refractivity contribution in [2.24, 2.45) is 5.73 Å². The van der Waals surface area contributed by atoms with Crippen LogP contribution in [0.25, 0.3) is 0 Å². The highest BCUT2D eigenvalue weighted by Crippen LogP contribution is 2.14. The van der Waals surface area contributed by atoms with Crippen LogP contribution >= 0.6 is 0 Å². The largest absolute Gasteiger partial charge is 0.370 e. The standard InChI is InChI=1S/C20H41NO.C7H17N/c1-2-3-4-5-6-7-8-9-10-11-12-13-14-15-16-17-18-19-20(21)22;1-4-7-8(5-2)6-3/h2-19H2,1H3,(H2,21,22);4-7H2,1-3H3. The van der Waals surface area contributed by atoms with Gasteiger partial charge in [-0.05, 0) is 32.5 Å². The molecule has 0 aromatic heterocycles. The minimum absolute atomic E-state index is 0.152. The number of primary amides is 1. The van der Waals surface area contributed by atoms with Crippen molar-refractivity contribution in [3.63, 3.8) is 0 Å². The van der Waals surface area contributed by atoms with E-state index in [1.807, 2.05) is 0 Å². The Kier molecular flexibility index (Phi) is 30.0. The van der Waals surface area contributed by atoms with Crippen LogP contribution in [0.15, 0.2) is 0 Å². The van der Waals surface area contributed by atoms with E-state index >= 15 is 0 Å². The molecule has 0 radical (unpaired) electrons. The van der Waals surface area contributed by atoms with E-state index in [2.05, 4.69) is 32.6 Å². The topological polar surface area (TPSA) is 46.3 Å². The summed E-state index contributed by atoms with van der Waals surface area (Å²) in [6, 6.07) is 0. The fourth-order valence-electron chi connectivity index (χ4n) is 3.88. The Bertz CT molecular complexity index is 316. The predicted molar refractivity (Wildman–Crippen MR) is 136 cm³/mol. The van der Waals surface area contributed by atoms with Gasteiger partial charge in [0.25, 0.3) is 0 Å². The molecule has 0 atom stereocenters. The lowest BCUT2D eigenvalue weighted by molar-refractivity contribution is -0.118. The van der Waals surface area contributed by atoms with Gasteiger partial charge in [-0.25, -0.2) is 0 Å². The number of nitrogens with two attached hydrogens (primary N) is 1. The van der Waals surface area contributed by atoms with Crippen LogP contribution in [0.3, 0.4) is 0 Å². The molecule has 0 heterocycles. The molecule has 0 fully saturated rings. The summed E-state index contributed by atoms with van der Waals surface area (Å²) >= 11 is 0. The van der Waals surface area contributed by atoms with Gasteiger partial charge >= 0.3 is 0 Å². The summed E-state index contributed by atoms with van der Waals surface area (Å²) in [5, 5.41) is 0. The molecule has 2 N–H and O–H groups in total. The van der Waals surface area contributed by atoms with Crippen LogP contribution in [-0.2, 0) is 4.79 Å². The average molecular weight is 427 g/mol. The number of amides is 1. The molecule has 3 nitrogen and oxygen atoms in total. The Morgan fingerprint density at radius 3 is 1.10 bits per heavy atom. The molecule has 0 aliphatic carbocycles. The molecule has 30 heavy (non-hydrogen) atoms. The Labute approximate surface area is 190 Å². The smallest absolute Gasteiger partial charge is 0.217 e. The van der Waals surface area contributed by atoms with Crippen LogP contribution in [-0.4, -0.2) is 30.4 Å². The van der Waals surface area contributed by atoms with E-state index in [9.17, 15) is 4.79 Å². The summed E-state index contributed by atoms with van der Waals surface area (Å²) in [7, 11) is 0. The number of unbranched alkanes of at least 4 members (excludes halogenated alkanes) is 16. The van der Waals surface area contributed by atoms with Gasteiger partial charge in [0, 0.05) is 6.42 Å². The summed E-state index contributed by atoms with van der Waals surface area (Å²) < 4.78 is 0. The minimum atomic E-state index is -0.152. The monoisotopic (exact) mass is 426 g/mol. The highest BCUT2D eigenvalue weighted by molar-refractivity contribution is 5.73. The zero-order valence-corrected chi connectivity index (χ0v) is 21.5. The first-order chi connectivity index (χ1) is 14.6. The van der Waals surface area contributed by atoms with Crippen LogP contribution in [0.4, 0.5) is 0 Å². The Morgan fingerprint density at radius 2 is 0.867 bits per heavy atom.